The first kappa shape index (κ1) is 16.0. The fraction of sp³-hybridized carbons (Fsp3) is 0.316. The highest BCUT2D eigenvalue weighted by atomic mass is 35.5. The molecule has 0 aliphatic carbocycles. The Balaban J connectivity index is 1.80. The van der Waals surface area contributed by atoms with Gasteiger partial charge in [0.15, 0.2) is 0 Å². The summed E-state index contributed by atoms with van der Waals surface area (Å²) >= 11 is 6.04. The molecule has 1 aliphatic heterocycles. The first-order valence-electron chi connectivity index (χ1n) is 7.85. The van der Waals surface area contributed by atoms with Gasteiger partial charge in [-0.05, 0) is 37.5 Å². The minimum atomic E-state index is -0.420. The first-order chi connectivity index (χ1) is 11.1. The quantitative estimate of drug-likeness (QED) is 0.798. The summed E-state index contributed by atoms with van der Waals surface area (Å²) in [5, 5.41) is 0.310. The number of carbonyl (C=O) groups is 1. The molecular formula is C19H19ClFNO. The third-order valence-electron chi connectivity index (χ3n) is 4.42. The Kier molecular flexibility index (Phi) is 4.67. The molecule has 0 radical (unpaired) electrons. The van der Waals surface area contributed by atoms with E-state index < -0.39 is 5.82 Å². The lowest BCUT2D eigenvalue weighted by molar-refractivity contribution is -0.131. The Morgan fingerprint density at radius 2 is 2.00 bits per heavy atom. The maximum atomic E-state index is 13.9. The number of likely N-dealkylation sites (tertiary alicyclic amines) is 1. The normalized spacial score (nSPS) is 17.5. The van der Waals surface area contributed by atoms with Gasteiger partial charge in [0.2, 0.25) is 5.91 Å². The second kappa shape index (κ2) is 6.71. The number of benzene rings is 2. The highest BCUT2D eigenvalue weighted by Gasteiger charge is 2.30. The lowest BCUT2D eigenvalue weighted by atomic mass is 10.0. The van der Waals surface area contributed by atoms with E-state index in [0.29, 0.717) is 11.6 Å². The van der Waals surface area contributed by atoms with Gasteiger partial charge in [-0.1, -0.05) is 47.5 Å². The summed E-state index contributed by atoms with van der Waals surface area (Å²) in [5.41, 5.74) is 2.62. The number of aryl methyl sites for hydroxylation is 1. The van der Waals surface area contributed by atoms with Gasteiger partial charge >= 0.3 is 0 Å². The molecule has 2 aromatic rings. The van der Waals surface area contributed by atoms with E-state index in [0.717, 1.165) is 18.4 Å². The molecule has 1 heterocycles. The first-order valence-corrected chi connectivity index (χ1v) is 8.23. The van der Waals surface area contributed by atoms with Gasteiger partial charge in [-0.3, -0.25) is 4.79 Å². The van der Waals surface area contributed by atoms with Crippen LogP contribution in [0.3, 0.4) is 0 Å². The zero-order chi connectivity index (χ0) is 16.4. The van der Waals surface area contributed by atoms with Crippen molar-refractivity contribution in [1.82, 2.24) is 4.90 Å². The molecule has 1 amide bonds. The van der Waals surface area contributed by atoms with Crippen molar-refractivity contribution in [3.05, 3.63) is 70.0 Å². The van der Waals surface area contributed by atoms with Crippen LogP contribution >= 0.6 is 11.6 Å². The third kappa shape index (κ3) is 3.40. The van der Waals surface area contributed by atoms with Crippen LogP contribution in [0.1, 0.15) is 35.6 Å². The summed E-state index contributed by atoms with van der Waals surface area (Å²) in [6.45, 7) is 2.75. The van der Waals surface area contributed by atoms with E-state index in [-0.39, 0.29) is 23.9 Å². The zero-order valence-corrected chi connectivity index (χ0v) is 13.8. The monoisotopic (exact) mass is 331 g/mol. The topological polar surface area (TPSA) is 20.3 Å². The van der Waals surface area contributed by atoms with Crippen LogP contribution in [0.2, 0.25) is 5.02 Å². The lowest BCUT2D eigenvalue weighted by Crippen LogP contribution is -2.32. The molecule has 1 saturated heterocycles. The van der Waals surface area contributed by atoms with Crippen LogP contribution in [-0.2, 0) is 11.2 Å². The number of rotatable bonds is 3. The number of hydrogen-bond donors (Lipinski definition) is 0. The van der Waals surface area contributed by atoms with E-state index in [1.807, 2.05) is 11.8 Å². The summed E-state index contributed by atoms with van der Waals surface area (Å²) in [6, 6.07) is 12.9. The number of carbonyl (C=O) groups excluding carboxylic acids is 1. The highest BCUT2D eigenvalue weighted by molar-refractivity contribution is 6.31. The molecule has 1 atom stereocenters. The van der Waals surface area contributed by atoms with Crippen molar-refractivity contribution in [2.45, 2.75) is 32.2 Å². The van der Waals surface area contributed by atoms with Crippen LogP contribution in [0, 0.1) is 12.7 Å². The van der Waals surface area contributed by atoms with Crippen molar-refractivity contribution in [1.29, 1.82) is 0 Å². The number of halogens is 2. The van der Waals surface area contributed by atoms with E-state index in [9.17, 15) is 9.18 Å². The second-order valence-electron chi connectivity index (χ2n) is 6.03. The number of hydrogen-bond acceptors (Lipinski definition) is 1. The fourth-order valence-corrected chi connectivity index (χ4v) is 3.38. The van der Waals surface area contributed by atoms with Gasteiger partial charge in [0.1, 0.15) is 5.82 Å². The molecule has 2 nitrogen and oxygen atoms in total. The van der Waals surface area contributed by atoms with Crippen molar-refractivity contribution in [3.63, 3.8) is 0 Å². The minimum Gasteiger partial charge on any atom is -0.335 e. The Bertz CT molecular complexity index is 694. The van der Waals surface area contributed by atoms with E-state index in [1.54, 1.807) is 12.1 Å². The number of nitrogens with zero attached hydrogens (tertiary/aromatic N) is 1. The van der Waals surface area contributed by atoms with E-state index >= 15 is 0 Å². The minimum absolute atomic E-state index is 0.00781. The molecule has 120 valence electrons. The molecule has 2 aromatic carbocycles. The molecule has 0 unspecified atom stereocenters. The van der Waals surface area contributed by atoms with Crippen LogP contribution in [-0.4, -0.2) is 17.4 Å². The Morgan fingerprint density at radius 1 is 1.26 bits per heavy atom. The summed E-state index contributed by atoms with van der Waals surface area (Å²) in [5.74, 6) is -0.489. The van der Waals surface area contributed by atoms with Crippen molar-refractivity contribution in [2.75, 3.05) is 6.54 Å². The lowest BCUT2D eigenvalue weighted by Gasteiger charge is -2.25. The van der Waals surface area contributed by atoms with Crippen LogP contribution in [0.25, 0.3) is 0 Å². The smallest absolute Gasteiger partial charge is 0.227 e. The molecule has 0 spiro atoms. The Labute approximate surface area is 140 Å². The fourth-order valence-electron chi connectivity index (χ4n) is 3.15. The zero-order valence-electron chi connectivity index (χ0n) is 13.1. The van der Waals surface area contributed by atoms with Crippen molar-refractivity contribution < 1.29 is 9.18 Å². The standard InChI is InChI=1S/C19H19ClFNO/c1-13-7-9-14(10-8-13)18-6-3-11-22(18)19(23)12-15-16(20)4-2-5-17(15)21/h2,4-5,7-10,18H,3,6,11-12H2,1H3/t18-/m0/s1. The average Bonchev–Trinajstić information content (AvgIpc) is 3.01. The van der Waals surface area contributed by atoms with Gasteiger partial charge in [0, 0.05) is 17.1 Å². The molecule has 4 heteroatoms. The SMILES string of the molecule is Cc1ccc([C@@H]2CCCN2C(=O)Cc2c(F)cccc2Cl)cc1. The van der Waals surface area contributed by atoms with Gasteiger partial charge in [0.25, 0.3) is 0 Å². The molecule has 1 fully saturated rings. The maximum absolute atomic E-state index is 13.9. The molecule has 3 rings (SSSR count). The van der Waals surface area contributed by atoms with Gasteiger partial charge in [-0.15, -0.1) is 0 Å². The maximum Gasteiger partial charge on any atom is 0.227 e. The van der Waals surface area contributed by atoms with Crippen LogP contribution in [0.4, 0.5) is 4.39 Å². The second-order valence-corrected chi connectivity index (χ2v) is 6.44. The van der Waals surface area contributed by atoms with Gasteiger partial charge in [-0.25, -0.2) is 4.39 Å². The van der Waals surface area contributed by atoms with Gasteiger partial charge in [0.05, 0.1) is 12.5 Å². The largest absolute Gasteiger partial charge is 0.335 e. The Morgan fingerprint density at radius 3 is 2.70 bits per heavy atom. The molecule has 1 aliphatic rings. The highest BCUT2D eigenvalue weighted by Crippen LogP contribution is 2.33. The number of amides is 1. The van der Waals surface area contributed by atoms with Crippen molar-refractivity contribution >= 4 is 17.5 Å². The molecular weight excluding hydrogens is 313 g/mol. The summed E-state index contributed by atoms with van der Waals surface area (Å²) in [7, 11) is 0. The Hall–Kier alpha value is -1.87. The average molecular weight is 332 g/mol. The summed E-state index contributed by atoms with van der Waals surface area (Å²) < 4.78 is 13.9. The summed E-state index contributed by atoms with van der Waals surface area (Å²) in [6.07, 6.45) is 1.92. The van der Waals surface area contributed by atoms with Crippen molar-refractivity contribution in [3.8, 4) is 0 Å². The van der Waals surface area contributed by atoms with Crippen molar-refractivity contribution in [2.24, 2.45) is 0 Å². The van der Waals surface area contributed by atoms with Gasteiger partial charge in [-0.2, -0.15) is 0 Å². The molecule has 0 saturated carbocycles. The predicted molar refractivity (Wildman–Crippen MR) is 90.0 cm³/mol. The molecule has 0 aromatic heterocycles. The molecule has 23 heavy (non-hydrogen) atoms. The molecule has 0 N–H and O–H groups in total. The van der Waals surface area contributed by atoms with Crippen LogP contribution in [0.15, 0.2) is 42.5 Å². The van der Waals surface area contributed by atoms with Crippen LogP contribution < -0.4 is 0 Å². The van der Waals surface area contributed by atoms with Crippen LogP contribution in [0.5, 0.6) is 0 Å². The molecule has 0 bridgehead atoms. The summed E-state index contributed by atoms with van der Waals surface area (Å²) in [4.78, 5) is 14.5. The third-order valence-corrected chi connectivity index (χ3v) is 4.78. The van der Waals surface area contributed by atoms with E-state index in [4.69, 9.17) is 11.6 Å². The predicted octanol–water partition coefficient (Wildman–Crippen LogP) is 4.69. The van der Waals surface area contributed by atoms with Gasteiger partial charge < -0.3 is 4.90 Å². The van der Waals surface area contributed by atoms with E-state index in [2.05, 4.69) is 24.3 Å². The van der Waals surface area contributed by atoms with E-state index in [1.165, 1.54) is 11.6 Å².